The first kappa shape index (κ1) is 14.2. The lowest BCUT2D eigenvalue weighted by molar-refractivity contribution is -0.383. The van der Waals surface area contributed by atoms with Gasteiger partial charge in [-0.25, -0.2) is 0 Å². The van der Waals surface area contributed by atoms with E-state index in [-0.39, 0.29) is 18.3 Å². The van der Waals surface area contributed by atoms with E-state index in [0.717, 1.165) is 17.5 Å². The third-order valence-electron chi connectivity index (χ3n) is 3.32. The summed E-state index contributed by atoms with van der Waals surface area (Å²) in [4.78, 5) is 14.7. The van der Waals surface area contributed by atoms with Gasteiger partial charge in [-0.1, -0.05) is 6.92 Å². The van der Waals surface area contributed by atoms with Crippen LogP contribution in [0.15, 0.2) is 30.6 Å². The molecule has 20 heavy (non-hydrogen) atoms. The maximum atomic E-state index is 11.0. The van der Waals surface area contributed by atoms with Crippen molar-refractivity contribution in [1.82, 2.24) is 4.98 Å². The van der Waals surface area contributed by atoms with E-state index in [1.807, 2.05) is 6.92 Å². The molecule has 2 aromatic rings. The SMILES string of the molecule is CCC(CCO)Nc1ccc([N+](=O)[O-])c2ccncc12. The smallest absolute Gasteiger partial charge is 0.277 e. The predicted octanol–water partition coefficient (Wildman–Crippen LogP) is 2.72. The zero-order chi connectivity index (χ0) is 14.5. The molecule has 6 nitrogen and oxygen atoms in total. The molecule has 6 heteroatoms. The lowest BCUT2D eigenvalue weighted by Crippen LogP contribution is -2.20. The molecule has 1 unspecified atom stereocenters. The number of nitrogens with zero attached hydrogens (tertiary/aromatic N) is 2. The summed E-state index contributed by atoms with van der Waals surface area (Å²) >= 11 is 0. The fourth-order valence-electron chi connectivity index (χ4n) is 2.21. The zero-order valence-electron chi connectivity index (χ0n) is 11.2. The van der Waals surface area contributed by atoms with E-state index in [1.54, 1.807) is 24.5 Å². The highest BCUT2D eigenvalue weighted by Gasteiger charge is 2.15. The van der Waals surface area contributed by atoms with Gasteiger partial charge in [-0.3, -0.25) is 15.1 Å². The number of aromatic nitrogens is 1. The van der Waals surface area contributed by atoms with E-state index in [1.165, 1.54) is 6.07 Å². The minimum atomic E-state index is -0.392. The highest BCUT2D eigenvalue weighted by atomic mass is 16.6. The summed E-state index contributed by atoms with van der Waals surface area (Å²) in [5.74, 6) is 0. The Morgan fingerprint density at radius 3 is 2.85 bits per heavy atom. The summed E-state index contributed by atoms with van der Waals surface area (Å²) in [6.07, 6.45) is 4.66. The molecule has 0 saturated heterocycles. The molecule has 106 valence electrons. The van der Waals surface area contributed by atoms with E-state index in [9.17, 15) is 10.1 Å². The number of nitro benzene ring substituents is 1. The van der Waals surface area contributed by atoms with Gasteiger partial charge in [0.25, 0.3) is 5.69 Å². The second kappa shape index (κ2) is 6.29. The van der Waals surface area contributed by atoms with Gasteiger partial charge in [-0.15, -0.1) is 0 Å². The summed E-state index contributed by atoms with van der Waals surface area (Å²) in [5, 5.41) is 24.7. The molecular formula is C14H17N3O3. The first-order valence-corrected chi connectivity index (χ1v) is 6.56. The largest absolute Gasteiger partial charge is 0.396 e. The van der Waals surface area contributed by atoms with Crippen LogP contribution in [0.25, 0.3) is 10.8 Å². The zero-order valence-corrected chi connectivity index (χ0v) is 11.2. The Hall–Kier alpha value is -2.21. The molecular weight excluding hydrogens is 258 g/mol. The van der Waals surface area contributed by atoms with Crippen LogP contribution in [0.1, 0.15) is 19.8 Å². The number of aliphatic hydroxyl groups excluding tert-OH is 1. The lowest BCUT2D eigenvalue weighted by Gasteiger charge is -2.18. The van der Waals surface area contributed by atoms with Crippen molar-refractivity contribution in [2.24, 2.45) is 0 Å². The number of nitro groups is 1. The van der Waals surface area contributed by atoms with Crippen molar-refractivity contribution in [2.75, 3.05) is 11.9 Å². The van der Waals surface area contributed by atoms with Gasteiger partial charge in [0, 0.05) is 42.2 Å². The van der Waals surface area contributed by atoms with Crippen molar-refractivity contribution in [3.63, 3.8) is 0 Å². The molecule has 2 N–H and O–H groups in total. The number of hydrogen-bond acceptors (Lipinski definition) is 5. The lowest BCUT2D eigenvalue weighted by atomic mass is 10.1. The molecule has 0 fully saturated rings. The summed E-state index contributed by atoms with van der Waals surface area (Å²) in [6.45, 7) is 2.13. The highest BCUT2D eigenvalue weighted by Crippen LogP contribution is 2.31. The van der Waals surface area contributed by atoms with E-state index < -0.39 is 4.92 Å². The molecule has 0 radical (unpaired) electrons. The Labute approximate surface area is 116 Å². The maximum absolute atomic E-state index is 11.0. The van der Waals surface area contributed by atoms with Crippen LogP contribution in [0, 0.1) is 10.1 Å². The molecule has 0 saturated carbocycles. The van der Waals surface area contributed by atoms with Gasteiger partial charge in [0.05, 0.1) is 10.3 Å². The number of benzene rings is 1. The van der Waals surface area contributed by atoms with Crippen LogP contribution < -0.4 is 5.32 Å². The van der Waals surface area contributed by atoms with Gasteiger partial charge in [0.1, 0.15) is 0 Å². The van der Waals surface area contributed by atoms with Crippen LogP contribution in [0.2, 0.25) is 0 Å². The van der Waals surface area contributed by atoms with Crippen molar-refractivity contribution >= 4 is 22.1 Å². The Kier molecular flexibility index (Phi) is 4.47. The normalized spacial score (nSPS) is 12.3. The van der Waals surface area contributed by atoms with Gasteiger partial charge >= 0.3 is 0 Å². The quantitative estimate of drug-likeness (QED) is 0.625. The van der Waals surface area contributed by atoms with Crippen molar-refractivity contribution in [3.05, 3.63) is 40.7 Å². The van der Waals surface area contributed by atoms with Gasteiger partial charge in [-0.05, 0) is 25.0 Å². The van der Waals surface area contributed by atoms with E-state index in [2.05, 4.69) is 10.3 Å². The van der Waals surface area contributed by atoms with Gasteiger partial charge in [0.2, 0.25) is 0 Å². The van der Waals surface area contributed by atoms with Crippen molar-refractivity contribution < 1.29 is 10.0 Å². The number of pyridine rings is 1. The monoisotopic (exact) mass is 275 g/mol. The Bertz CT molecular complexity index is 616. The Morgan fingerprint density at radius 1 is 1.40 bits per heavy atom. The molecule has 0 aliphatic rings. The standard InChI is InChI=1S/C14H17N3O3/c1-2-10(6-8-18)16-13-3-4-14(17(19)20)11-5-7-15-9-12(11)13/h3-5,7,9-10,16,18H,2,6,8H2,1H3. The van der Waals surface area contributed by atoms with Crippen LogP contribution in [0.4, 0.5) is 11.4 Å². The number of hydrogen-bond donors (Lipinski definition) is 2. The maximum Gasteiger partial charge on any atom is 0.277 e. The summed E-state index contributed by atoms with van der Waals surface area (Å²) in [7, 11) is 0. The summed E-state index contributed by atoms with van der Waals surface area (Å²) in [6, 6.07) is 4.97. The van der Waals surface area contributed by atoms with Crippen LogP contribution >= 0.6 is 0 Å². The third kappa shape index (κ3) is 2.85. The molecule has 1 atom stereocenters. The molecule has 0 aliphatic carbocycles. The van der Waals surface area contributed by atoms with E-state index >= 15 is 0 Å². The number of nitrogens with one attached hydrogen (secondary N) is 1. The average Bonchev–Trinajstić information content (AvgIpc) is 2.46. The first-order chi connectivity index (χ1) is 9.67. The fraction of sp³-hybridized carbons (Fsp3) is 0.357. The molecule has 1 heterocycles. The van der Waals surface area contributed by atoms with Gasteiger partial charge in [0.15, 0.2) is 0 Å². The predicted molar refractivity (Wildman–Crippen MR) is 77.8 cm³/mol. The van der Waals surface area contributed by atoms with Gasteiger partial charge < -0.3 is 10.4 Å². The van der Waals surface area contributed by atoms with Crippen molar-refractivity contribution in [2.45, 2.75) is 25.8 Å². The number of aliphatic hydroxyl groups is 1. The Morgan fingerprint density at radius 2 is 2.20 bits per heavy atom. The number of anilines is 1. The average molecular weight is 275 g/mol. The van der Waals surface area contributed by atoms with Crippen LogP contribution in [-0.2, 0) is 0 Å². The molecule has 2 rings (SSSR count). The fourth-order valence-corrected chi connectivity index (χ4v) is 2.21. The molecule has 0 bridgehead atoms. The second-order valence-corrected chi connectivity index (χ2v) is 4.57. The third-order valence-corrected chi connectivity index (χ3v) is 3.32. The van der Waals surface area contributed by atoms with Crippen molar-refractivity contribution in [1.29, 1.82) is 0 Å². The molecule has 1 aromatic carbocycles. The second-order valence-electron chi connectivity index (χ2n) is 4.57. The van der Waals surface area contributed by atoms with Crippen molar-refractivity contribution in [3.8, 4) is 0 Å². The van der Waals surface area contributed by atoms with Crippen LogP contribution in [-0.4, -0.2) is 27.7 Å². The van der Waals surface area contributed by atoms with Crippen LogP contribution in [0.5, 0.6) is 0 Å². The number of fused-ring (bicyclic) bond motifs is 1. The topological polar surface area (TPSA) is 88.3 Å². The summed E-state index contributed by atoms with van der Waals surface area (Å²) < 4.78 is 0. The highest BCUT2D eigenvalue weighted by molar-refractivity contribution is 5.99. The molecule has 0 spiro atoms. The van der Waals surface area contributed by atoms with Crippen LogP contribution in [0.3, 0.4) is 0 Å². The minimum absolute atomic E-state index is 0.0724. The molecule has 1 aromatic heterocycles. The first-order valence-electron chi connectivity index (χ1n) is 6.56. The van der Waals surface area contributed by atoms with E-state index in [4.69, 9.17) is 5.11 Å². The number of non-ortho nitro benzene ring substituents is 1. The van der Waals surface area contributed by atoms with Gasteiger partial charge in [-0.2, -0.15) is 0 Å². The summed E-state index contributed by atoms with van der Waals surface area (Å²) in [5.41, 5.74) is 0.877. The van der Waals surface area contributed by atoms with E-state index in [0.29, 0.717) is 11.8 Å². The molecule has 0 amide bonds. The number of rotatable bonds is 6. The Balaban J connectivity index is 2.45. The minimum Gasteiger partial charge on any atom is -0.396 e. The molecule has 0 aliphatic heterocycles.